The Morgan fingerprint density at radius 2 is 1.63 bits per heavy atom. The SMILES string of the molecule is Cc1nc(C(F)(F)F)cn1-c1ccc(-c2cccc(S(C)(=O)=O)c2)cc1-c1ocnc1Cc1ccc(OC(F)(F)F)cc1. The number of alkyl halides is 6. The van der Waals surface area contributed by atoms with E-state index in [9.17, 15) is 34.8 Å². The molecule has 0 aliphatic heterocycles. The van der Waals surface area contributed by atoms with E-state index in [1.54, 1.807) is 30.3 Å². The van der Waals surface area contributed by atoms with E-state index in [-0.39, 0.29) is 28.6 Å². The van der Waals surface area contributed by atoms with E-state index in [4.69, 9.17) is 4.42 Å². The Morgan fingerprint density at radius 1 is 0.930 bits per heavy atom. The first kappa shape index (κ1) is 29.9. The highest BCUT2D eigenvalue weighted by Gasteiger charge is 2.35. The second-order valence-corrected chi connectivity index (χ2v) is 11.6. The molecular formula is C29H21F6N3O4S. The summed E-state index contributed by atoms with van der Waals surface area (Å²) in [6, 6.07) is 16.1. The van der Waals surface area contributed by atoms with Gasteiger partial charge in [0.15, 0.2) is 27.7 Å². The lowest BCUT2D eigenvalue weighted by molar-refractivity contribution is -0.274. The number of halogens is 6. The average molecular weight is 622 g/mol. The zero-order valence-electron chi connectivity index (χ0n) is 22.4. The summed E-state index contributed by atoms with van der Waals surface area (Å²) in [4.78, 5) is 7.99. The van der Waals surface area contributed by atoms with Crippen molar-refractivity contribution in [3.05, 3.63) is 102 Å². The lowest BCUT2D eigenvalue weighted by atomic mass is 9.98. The molecule has 0 fully saturated rings. The molecule has 3 aromatic carbocycles. The number of hydrogen-bond donors (Lipinski definition) is 0. The van der Waals surface area contributed by atoms with Gasteiger partial charge in [-0.25, -0.2) is 18.4 Å². The number of aryl methyl sites for hydroxylation is 1. The predicted octanol–water partition coefficient (Wildman–Crippen LogP) is 7.41. The minimum absolute atomic E-state index is 0.0433. The fraction of sp³-hybridized carbons (Fsp3) is 0.172. The lowest BCUT2D eigenvalue weighted by Gasteiger charge is -2.14. The monoisotopic (exact) mass is 621 g/mol. The Kier molecular flexibility index (Phi) is 7.59. The maximum absolute atomic E-state index is 13.5. The van der Waals surface area contributed by atoms with Crippen LogP contribution in [0.3, 0.4) is 0 Å². The van der Waals surface area contributed by atoms with Crippen molar-refractivity contribution in [3.8, 4) is 33.9 Å². The van der Waals surface area contributed by atoms with Crippen molar-refractivity contribution in [2.24, 2.45) is 0 Å². The number of sulfone groups is 1. The Bertz CT molecular complexity index is 1890. The van der Waals surface area contributed by atoms with Crippen molar-refractivity contribution in [2.75, 3.05) is 6.26 Å². The van der Waals surface area contributed by atoms with Gasteiger partial charge >= 0.3 is 12.5 Å². The molecule has 0 spiro atoms. The van der Waals surface area contributed by atoms with Gasteiger partial charge in [-0.3, -0.25) is 0 Å². The van der Waals surface area contributed by atoms with Crippen molar-refractivity contribution in [1.29, 1.82) is 0 Å². The molecule has 5 rings (SSSR count). The van der Waals surface area contributed by atoms with Gasteiger partial charge in [0.05, 0.1) is 16.3 Å². The summed E-state index contributed by atoms with van der Waals surface area (Å²) in [7, 11) is -3.53. The molecule has 0 bridgehead atoms. The van der Waals surface area contributed by atoms with Crippen LogP contribution in [0.25, 0.3) is 28.1 Å². The molecule has 43 heavy (non-hydrogen) atoms. The van der Waals surface area contributed by atoms with Crippen molar-refractivity contribution in [3.63, 3.8) is 0 Å². The summed E-state index contributed by atoms with van der Waals surface area (Å²) >= 11 is 0. The van der Waals surface area contributed by atoms with Gasteiger partial charge in [-0.2, -0.15) is 13.2 Å². The van der Waals surface area contributed by atoms with Gasteiger partial charge < -0.3 is 13.7 Å². The van der Waals surface area contributed by atoms with Gasteiger partial charge in [0.1, 0.15) is 11.6 Å². The number of imidazole rings is 1. The number of aromatic nitrogens is 3. The highest BCUT2D eigenvalue weighted by atomic mass is 32.2. The first-order chi connectivity index (χ1) is 20.1. The van der Waals surface area contributed by atoms with Crippen LogP contribution in [-0.2, 0) is 22.4 Å². The largest absolute Gasteiger partial charge is 0.573 e. The number of ether oxygens (including phenoxy) is 1. The van der Waals surface area contributed by atoms with E-state index in [0.717, 1.165) is 31.0 Å². The number of hydrogen-bond acceptors (Lipinski definition) is 6. The van der Waals surface area contributed by atoms with Crippen molar-refractivity contribution in [1.82, 2.24) is 14.5 Å². The van der Waals surface area contributed by atoms with Gasteiger partial charge in [-0.05, 0) is 60.0 Å². The predicted molar refractivity (Wildman–Crippen MR) is 143 cm³/mol. The van der Waals surface area contributed by atoms with Crippen molar-refractivity contribution < 1.29 is 43.9 Å². The van der Waals surface area contributed by atoms with E-state index in [1.807, 2.05) is 0 Å². The van der Waals surface area contributed by atoms with Crippen LogP contribution in [-0.4, -0.2) is 35.6 Å². The standard InChI is InChI=1S/C29H21F6N3O4S/c1-17-37-26(28(30,31)32)15-38(17)25-11-8-20(19-4-3-5-22(13-19)43(2,39)40)14-23(25)27-24(36-16-41-27)12-18-6-9-21(10-7-18)42-29(33,34)35/h3-11,13-16H,12H2,1-2H3. The first-order valence-electron chi connectivity index (χ1n) is 12.4. The number of nitrogens with zero attached hydrogens (tertiary/aromatic N) is 3. The molecule has 0 amide bonds. The zero-order chi connectivity index (χ0) is 31.2. The molecule has 0 aliphatic rings. The van der Waals surface area contributed by atoms with Gasteiger partial charge in [-0.15, -0.1) is 13.2 Å². The molecule has 2 aromatic heterocycles. The third kappa shape index (κ3) is 6.74. The molecule has 0 N–H and O–H groups in total. The fourth-order valence-electron chi connectivity index (χ4n) is 4.48. The second-order valence-electron chi connectivity index (χ2n) is 9.57. The summed E-state index contributed by atoms with van der Waals surface area (Å²) in [5.41, 5.74) is 1.46. The van der Waals surface area contributed by atoms with E-state index < -0.39 is 33.8 Å². The average Bonchev–Trinajstić information content (AvgIpc) is 3.54. The molecule has 14 heteroatoms. The van der Waals surface area contributed by atoms with E-state index in [1.165, 1.54) is 35.8 Å². The van der Waals surface area contributed by atoms with Crippen molar-refractivity contribution >= 4 is 9.84 Å². The maximum atomic E-state index is 13.5. The van der Waals surface area contributed by atoms with Gasteiger partial charge in [-0.1, -0.05) is 30.3 Å². The van der Waals surface area contributed by atoms with E-state index in [0.29, 0.717) is 27.9 Å². The fourth-order valence-corrected chi connectivity index (χ4v) is 5.15. The number of benzene rings is 3. The highest BCUT2D eigenvalue weighted by Crippen LogP contribution is 2.37. The van der Waals surface area contributed by atoms with Crippen LogP contribution < -0.4 is 4.74 Å². The molecule has 0 saturated carbocycles. The number of oxazole rings is 1. The van der Waals surface area contributed by atoms with Crippen molar-refractivity contribution in [2.45, 2.75) is 30.8 Å². The maximum Gasteiger partial charge on any atom is 0.573 e. The van der Waals surface area contributed by atoms with Crippen LogP contribution in [0.15, 0.2) is 88.6 Å². The minimum atomic E-state index is -4.85. The van der Waals surface area contributed by atoms with Crippen LogP contribution in [0.2, 0.25) is 0 Å². The summed E-state index contributed by atoms with van der Waals surface area (Å²) in [5, 5.41) is 0. The van der Waals surface area contributed by atoms with E-state index in [2.05, 4.69) is 14.7 Å². The Balaban J connectivity index is 1.62. The third-order valence-electron chi connectivity index (χ3n) is 6.44. The smallest absolute Gasteiger partial charge is 0.443 e. The summed E-state index contributed by atoms with van der Waals surface area (Å²) in [6.45, 7) is 1.41. The molecule has 224 valence electrons. The third-order valence-corrected chi connectivity index (χ3v) is 7.55. The van der Waals surface area contributed by atoms with E-state index >= 15 is 0 Å². The van der Waals surface area contributed by atoms with Crippen LogP contribution in [0.4, 0.5) is 26.3 Å². The summed E-state index contributed by atoms with van der Waals surface area (Å²) in [6.07, 6.45) is -6.37. The van der Waals surface area contributed by atoms with Crippen LogP contribution in [0, 0.1) is 6.92 Å². The molecule has 0 radical (unpaired) electrons. The quantitative estimate of drug-likeness (QED) is 0.176. The molecule has 0 unspecified atom stereocenters. The first-order valence-corrected chi connectivity index (χ1v) is 14.3. The normalized spacial score (nSPS) is 12.5. The summed E-state index contributed by atoms with van der Waals surface area (Å²) < 4.78 is 113. The molecular weight excluding hydrogens is 600 g/mol. The van der Waals surface area contributed by atoms with Crippen LogP contribution in [0.5, 0.6) is 5.75 Å². The highest BCUT2D eigenvalue weighted by molar-refractivity contribution is 7.90. The Hall–Kier alpha value is -4.59. The molecule has 2 heterocycles. The zero-order valence-corrected chi connectivity index (χ0v) is 23.2. The Labute approximate surface area is 241 Å². The summed E-state index contributed by atoms with van der Waals surface area (Å²) in [5.74, 6) is -0.172. The molecule has 7 nitrogen and oxygen atoms in total. The van der Waals surface area contributed by atoms with Gasteiger partial charge in [0.2, 0.25) is 0 Å². The topological polar surface area (TPSA) is 87.2 Å². The van der Waals surface area contributed by atoms with Crippen LogP contribution >= 0.6 is 0 Å². The molecule has 0 atom stereocenters. The molecule has 0 saturated heterocycles. The Morgan fingerprint density at radius 3 is 2.26 bits per heavy atom. The molecule has 5 aromatic rings. The number of rotatable bonds is 7. The lowest BCUT2D eigenvalue weighted by Crippen LogP contribution is -2.17. The second kappa shape index (κ2) is 10.9. The van der Waals surface area contributed by atoms with Gasteiger partial charge in [0.25, 0.3) is 0 Å². The minimum Gasteiger partial charge on any atom is -0.443 e. The van der Waals surface area contributed by atoms with Gasteiger partial charge in [0, 0.05) is 24.4 Å². The molecule has 0 aliphatic carbocycles. The van der Waals surface area contributed by atoms with Crippen LogP contribution in [0.1, 0.15) is 22.8 Å².